The van der Waals surface area contributed by atoms with Crippen molar-refractivity contribution in [3.8, 4) is 5.82 Å². The summed E-state index contributed by atoms with van der Waals surface area (Å²) in [5.41, 5.74) is 3.53. The van der Waals surface area contributed by atoms with E-state index in [2.05, 4.69) is 15.4 Å². The molecule has 3 aromatic rings. The number of aryl methyl sites for hydroxylation is 2. The Morgan fingerprint density at radius 3 is 2.55 bits per heavy atom. The van der Waals surface area contributed by atoms with Crippen molar-refractivity contribution in [2.45, 2.75) is 33.2 Å². The van der Waals surface area contributed by atoms with Crippen LogP contribution in [0.5, 0.6) is 0 Å². The summed E-state index contributed by atoms with van der Waals surface area (Å²) < 4.78 is 1.76. The summed E-state index contributed by atoms with van der Waals surface area (Å²) in [6, 6.07) is 10.4. The normalized spacial score (nSPS) is 13.4. The van der Waals surface area contributed by atoms with E-state index < -0.39 is 4.92 Å². The second kappa shape index (κ2) is 8.55. The van der Waals surface area contributed by atoms with Gasteiger partial charge in [0.25, 0.3) is 11.6 Å². The Hall–Kier alpha value is -3.75. The predicted octanol–water partition coefficient (Wildman–Crippen LogP) is 3.32. The molecule has 1 saturated heterocycles. The number of anilines is 1. The summed E-state index contributed by atoms with van der Waals surface area (Å²) in [6.07, 6.45) is 3.72. The van der Waals surface area contributed by atoms with Gasteiger partial charge < -0.3 is 10.2 Å². The molecule has 0 radical (unpaired) electrons. The number of nitrogens with zero attached hydrogens (tertiary/aromatic N) is 5. The molecule has 0 bridgehead atoms. The van der Waals surface area contributed by atoms with Crippen LogP contribution in [0.15, 0.2) is 42.6 Å². The number of carbonyl (C=O) groups excluding carboxylic acids is 1. The van der Waals surface area contributed by atoms with E-state index in [-0.39, 0.29) is 23.7 Å². The van der Waals surface area contributed by atoms with Gasteiger partial charge in [-0.1, -0.05) is 6.07 Å². The van der Waals surface area contributed by atoms with Crippen molar-refractivity contribution in [2.75, 3.05) is 18.0 Å². The van der Waals surface area contributed by atoms with Gasteiger partial charge in [-0.25, -0.2) is 9.67 Å². The molecule has 1 amide bonds. The lowest BCUT2D eigenvalue weighted by molar-refractivity contribution is -0.384. The van der Waals surface area contributed by atoms with E-state index in [1.165, 1.54) is 6.07 Å². The molecule has 0 saturated carbocycles. The molecular weight excluding hydrogens is 396 g/mol. The highest BCUT2D eigenvalue weighted by Crippen LogP contribution is 2.31. The predicted molar refractivity (Wildman–Crippen MR) is 117 cm³/mol. The number of hydrogen-bond acceptors (Lipinski definition) is 6. The highest BCUT2D eigenvalue weighted by atomic mass is 16.6. The van der Waals surface area contributed by atoms with E-state index in [1.54, 1.807) is 23.0 Å². The van der Waals surface area contributed by atoms with Crippen molar-refractivity contribution in [2.24, 2.45) is 0 Å². The third kappa shape index (κ3) is 4.40. The van der Waals surface area contributed by atoms with Crippen LogP contribution in [-0.4, -0.2) is 38.7 Å². The fourth-order valence-corrected chi connectivity index (χ4v) is 3.83. The number of amides is 1. The lowest BCUT2D eigenvalue weighted by Crippen LogP contribution is -2.24. The van der Waals surface area contributed by atoms with Crippen molar-refractivity contribution >= 4 is 17.3 Å². The highest BCUT2D eigenvalue weighted by Gasteiger charge is 2.23. The van der Waals surface area contributed by atoms with Gasteiger partial charge in [-0.05, 0) is 56.5 Å². The largest absolute Gasteiger partial charge is 0.366 e. The van der Waals surface area contributed by atoms with Gasteiger partial charge in [-0.15, -0.1) is 0 Å². The number of hydrogen-bond donors (Lipinski definition) is 1. The van der Waals surface area contributed by atoms with E-state index in [1.807, 2.05) is 36.9 Å². The fraction of sp³-hybridized carbons (Fsp3) is 0.318. The van der Waals surface area contributed by atoms with Crippen molar-refractivity contribution in [1.29, 1.82) is 0 Å². The van der Waals surface area contributed by atoms with E-state index in [9.17, 15) is 14.9 Å². The maximum absolute atomic E-state index is 12.6. The average Bonchev–Trinajstić information content (AvgIpc) is 3.41. The minimum absolute atomic E-state index is 0.0366. The van der Waals surface area contributed by atoms with Gasteiger partial charge in [0.05, 0.1) is 10.6 Å². The topological polar surface area (TPSA) is 106 Å². The average molecular weight is 420 g/mol. The Morgan fingerprint density at radius 1 is 1.16 bits per heavy atom. The quantitative estimate of drug-likeness (QED) is 0.484. The van der Waals surface area contributed by atoms with Gasteiger partial charge in [0, 0.05) is 43.2 Å². The van der Waals surface area contributed by atoms with Crippen molar-refractivity contribution in [3.05, 3.63) is 75.2 Å². The lowest BCUT2D eigenvalue weighted by atomic mass is 10.1. The monoisotopic (exact) mass is 420 g/mol. The molecule has 0 spiro atoms. The van der Waals surface area contributed by atoms with Crippen LogP contribution < -0.4 is 10.2 Å². The molecule has 1 fully saturated rings. The summed E-state index contributed by atoms with van der Waals surface area (Å²) >= 11 is 0. The number of pyridine rings is 1. The second-order valence-electron chi connectivity index (χ2n) is 7.70. The molecule has 1 aliphatic heterocycles. The van der Waals surface area contributed by atoms with Crippen LogP contribution in [0.4, 0.5) is 11.4 Å². The molecule has 1 aromatic carbocycles. The summed E-state index contributed by atoms with van der Waals surface area (Å²) in [7, 11) is 0. The summed E-state index contributed by atoms with van der Waals surface area (Å²) in [4.78, 5) is 30.1. The first-order chi connectivity index (χ1) is 14.9. The van der Waals surface area contributed by atoms with Crippen LogP contribution in [0.3, 0.4) is 0 Å². The number of rotatable bonds is 6. The molecule has 9 nitrogen and oxygen atoms in total. The standard InChI is InChI=1S/C22H24N6O3/c1-15-11-16(2)27(25-15)21-8-5-17(13-23-21)14-24-22(29)18-6-7-19(20(12-18)28(30)31)26-9-3-4-10-26/h5-8,11-13H,3-4,9-10,14H2,1-2H3,(H,24,29). The van der Waals surface area contributed by atoms with Crippen LogP contribution in [0.1, 0.15) is 40.2 Å². The fourth-order valence-electron chi connectivity index (χ4n) is 3.83. The third-order valence-corrected chi connectivity index (χ3v) is 5.37. The number of nitrogens with one attached hydrogen (secondary N) is 1. The molecule has 9 heteroatoms. The zero-order valence-corrected chi connectivity index (χ0v) is 17.5. The molecule has 0 unspecified atom stereocenters. The minimum atomic E-state index is -0.425. The number of benzene rings is 1. The zero-order valence-electron chi connectivity index (χ0n) is 17.5. The molecular formula is C22H24N6O3. The second-order valence-corrected chi connectivity index (χ2v) is 7.70. The lowest BCUT2D eigenvalue weighted by Gasteiger charge is -2.17. The maximum atomic E-state index is 12.6. The molecule has 0 aliphatic carbocycles. The van der Waals surface area contributed by atoms with E-state index in [0.717, 1.165) is 42.9 Å². The van der Waals surface area contributed by atoms with Gasteiger partial charge >= 0.3 is 0 Å². The highest BCUT2D eigenvalue weighted by molar-refractivity contribution is 5.95. The molecule has 160 valence electrons. The first-order valence-corrected chi connectivity index (χ1v) is 10.2. The van der Waals surface area contributed by atoms with Crippen molar-refractivity contribution in [3.63, 3.8) is 0 Å². The van der Waals surface area contributed by atoms with Crippen molar-refractivity contribution < 1.29 is 9.72 Å². The molecule has 0 atom stereocenters. The molecule has 3 heterocycles. The van der Waals surface area contributed by atoms with Crippen LogP contribution in [-0.2, 0) is 6.54 Å². The van der Waals surface area contributed by atoms with Crippen LogP contribution in [0, 0.1) is 24.0 Å². The molecule has 1 aliphatic rings. The summed E-state index contributed by atoms with van der Waals surface area (Å²) in [5, 5.41) is 18.8. The van der Waals surface area contributed by atoms with Gasteiger partial charge in [0.1, 0.15) is 5.69 Å². The Balaban J connectivity index is 1.44. The first-order valence-electron chi connectivity index (χ1n) is 10.2. The van der Waals surface area contributed by atoms with Gasteiger partial charge in [0.2, 0.25) is 0 Å². The number of nitro groups is 1. The Morgan fingerprint density at radius 2 is 1.94 bits per heavy atom. The van der Waals surface area contributed by atoms with Gasteiger partial charge in [0.15, 0.2) is 5.82 Å². The number of aromatic nitrogens is 3. The van der Waals surface area contributed by atoms with Crippen molar-refractivity contribution in [1.82, 2.24) is 20.1 Å². The maximum Gasteiger partial charge on any atom is 0.293 e. The minimum Gasteiger partial charge on any atom is -0.366 e. The van der Waals surface area contributed by atoms with E-state index in [0.29, 0.717) is 11.5 Å². The molecule has 1 N–H and O–H groups in total. The van der Waals surface area contributed by atoms with E-state index >= 15 is 0 Å². The van der Waals surface area contributed by atoms with Crippen LogP contribution in [0.25, 0.3) is 5.82 Å². The Labute approximate surface area is 179 Å². The molecule has 4 rings (SSSR count). The Kier molecular flexibility index (Phi) is 5.66. The molecule has 31 heavy (non-hydrogen) atoms. The molecule has 2 aromatic heterocycles. The first kappa shape index (κ1) is 20.5. The SMILES string of the molecule is Cc1cc(C)n(-c2ccc(CNC(=O)c3ccc(N4CCCC4)c([N+](=O)[O-])c3)cn2)n1. The van der Waals surface area contributed by atoms with Gasteiger partial charge in [-0.3, -0.25) is 14.9 Å². The van der Waals surface area contributed by atoms with Crippen LogP contribution in [0.2, 0.25) is 0 Å². The smallest absolute Gasteiger partial charge is 0.293 e. The van der Waals surface area contributed by atoms with E-state index in [4.69, 9.17) is 0 Å². The van der Waals surface area contributed by atoms with Crippen LogP contribution >= 0.6 is 0 Å². The third-order valence-electron chi connectivity index (χ3n) is 5.37. The number of nitro benzene ring substituents is 1. The summed E-state index contributed by atoms with van der Waals surface area (Å²) in [5.74, 6) is 0.340. The zero-order chi connectivity index (χ0) is 22.0. The summed E-state index contributed by atoms with van der Waals surface area (Å²) in [6.45, 7) is 5.75. The number of carbonyl (C=O) groups is 1. The van der Waals surface area contributed by atoms with Gasteiger partial charge in [-0.2, -0.15) is 5.10 Å². The Bertz CT molecular complexity index is 1120.